The molecule has 1 saturated heterocycles. The summed E-state index contributed by atoms with van der Waals surface area (Å²) in [7, 11) is 0. The Hall–Kier alpha value is -1.60. The number of carbonyl (C=O) groups excluding carboxylic acids is 2. The minimum Gasteiger partial charge on any atom is -0.305 e. The molecule has 0 spiro atoms. The summed E-state index contributed by atoms with van der Waals surface area (Å²) in [6.07, 6.45) is 0.267. The van der Waals surface area contributed by atoms with Crippen molar-refractivity contribution < 1.29 is 14.5 Å². The predicted octanol–water partition coefficient (Wildman–Crippen LogP) is 2.88. The Morgan fingerprint density at radius 2 is 2.29 bits per heavy atom. The molecule has 21 heavy (non-hydrogen) atoms. The summed E-state index contributed by atoms with van der Waals surface area (Å²) in [5.74, 6) is 0.304. The number of carbonyl (C=O) groups is 2. The summed E-state index contributed by atoms with van der Waals surface area (Å²) < 4.78 is 0. The molecule has 1 aliphatic heterocycles. The molecule has 0 N–H and O–H groups in total. The number of nitrogens with zero attached hydrogens (tertiary/aromatic N) is 2. The molecule has 1 amide bonds. The average Bonchev–Trinajstić information content (AvgIpc) is 2.77. The third-order valence-electron chi connectivity index (χ3n) is 3.16. The minimum atomic E-state index is -0.549. The molecular formula is C13H13ClN2O4S. The fourth-order valence-electron chi connectivity index (χ4n) is 2.26. The fourth-order valence-corrected chi connectivity index (χ4v) is 3.23. The van der Waals surface area contributed by atoms with Crippen LogP contribution in [0.3, 0.4) is 0 Å². The molecule has 112 valence electrons. The molecule has 6 nitrogen and oxygen atoms in total. The van der Waals surface area contributed by atoms with Gasteiger partial charge in [0.2, 0.25) is 5.91 Å². The number of rotatable bonds is 4. The highest BCUT2D eigenvalue weighted by molar-refractivity contribution is 8.13. The first-order valence-electron chi connectivity index (χ1n) is 6.26. The molecule has 2 rings (SSSR count). The summed E-state index contributed by atoms with van der Waals surface area (Å²) in [6, 6.07) is 4.33. The molecule has 0 aliphatic carbocycles. The molecular weight excluding hydrogens is 316 g/mol. The monoisotopic (exact) mass is 328 g/mol. The molecule has 0 bridgehead atoms. The Balaban J connectivity index is 2.25. The normalized spacial score (nSPS) is 18.1. The molecule has 0 aromatic heterocycles. The first-order valence-corrected chi connectivity index (χ1v) is 7.63. The largest absolute Gasteiger partial charge is 0.305 e. The maximum atomic E-state index is 12.1. The van der Waals surface area contributed by atoms with Gasteiger partial charge in [-0.05, 0) is 12.0 Å². The van der Waals surface area contributed by atoms with Crippen molar-refractivity contribution in [1.29, 1.82) is 0 Å². The van der Waals surface area contributed by atoms with Crippen LogP contribution in [0, 0.1) is 16.0 Å². The predicted molar refractivity (Wildman–Crippen MR) is 81.7 cm³/mol. The Morgan fingerprint density at radius 1 is 1.57 bits per heavy atom. The van der Waals surface area contributed by atoms with Gasteiger partial charge in [-0.25, -0.2) is 0 Å². The lowest BCUT2D eigenvalue weighted by molar-refractivity contribution is -0.384. The Kier molecular flexibility index (Phi) is 4.84. The van der Waals surface area contributed by atoms with Gasteiger partial charge in [-0.2, -0.15) is 0 Å². The summed E-state index contributed by atoms with van der Waals surface area (Å²) in [5.41, 5.74) is -0.0415. The zero-order chi connectivity index (χ0) is 15.6. The lowest BCUT2D eigenvalue weighted by Gasteiger charge is -2.18. The maximum absolute atomic E-state index is 12.1. The second kappa shape index (κ2) is 6.44. The lowest BCUT2D eigenvalue weighted by atomic mass is 10.1. The molecule has 1 heterocycles. The van der Waals surface area contributed by atoms with Gasteiger partial charge in [0, 0.05) is 31.7 Å². The van der Waals surface area contributed by atoms with Gasteiger partial charge in [0.05, 0.1) is 9.95 Å². The van der Waals surface area contributed by atoms with E-state index in [4.69, 9.17) is 11.6 Å². The maximum Gasteiger partial charge on any atom is 0.294 e. The highest BCUT2D eigenvalue weighted by atomic mass is 35.5. The number of thioether (sulfide) groups is 1. The molecule has 1 atom stereocenters. The van der Waals surface area contributed by atoms with Crippen molar-refractivity contribution in [3.05, 3.63) is 33.3 Å². The molecule has 1 aliphatic rings. The van der Waals surface area contributed by atoms with E-state index in [0.717, 1.165) is 11.8 Å². The van der Waals surface area contributed by atoms with Gasteiger partial charge in [0.1, 0.15) is 5.69 Å². The van der Waals surface area contributed by atoms with Crippen LogP contribution in [0.5, 0.6) is 0 Å². The molecule has 1 aromatic carbocycles. The number of benzene rings is 1. The van der Waals surface area contributed by atoms with E-state index in [1.807, 2.05) is 0 Å². The average molecular weight is 329 g/mol. The van der Waals surface area contributed by atoms with Crippen LogP contribution in [-0.4, -0.2) is 28.2 Å². The van der Waals surface area contributed by atoms with E-state index in [1.165, 1.54) is 30.0 Å². The zero-order valence-electron chi connectivity index (χ0n) is 11.2. The fraction of sp³-hybridized carbons (Fsp3) is 0.385. The third-order valence-corrected chi connectivity index (χ3v) is 4.51. The van der Waals surface area contributed by atoms with E-state index >= 15 is 0 Å². The Bertz CT molecular complexity index is 608. The van der Waals surface area contributed by atoms with Gasteiger partial charge in [0.25, 0.3) is 5.69 Å². The smallest absolute Gasteiger partial charge is 0.294 e. The summed E-state index contributed by atoms with van der Waals surface area (Å²) >= 11 is 7.19. The molecule has 0 saturated carbocycles. The van der Waals surface area contributed by atoms with Gasteiger partial charge in [0.15, 0.2) is 5.12 Å². The van der Waals surface area contributed by atoms with Gasteiger partial charge in [-0.3, -0.25) is 19.7 Å². The number of nitro benzene ring substituents is 1. The third kappa shape index (κ3) is 3.54. The first-order chi connectivity index (χ1) is 9.90. The lowest BCUT2D eigenvalue weighted by Crippen LogP contribution is -2.26. The van der Waals surface area contributed by atoms with Crippen molar-refractivity contribution in [1.82, 2.24) is 0 Å². The number of halogens is 1. The second-order valence-electron chi connectivity index (χ2n) is 4.74. The Labute approximate surface area is 130 Å². The number of hydrogen-bond acceptors (Lipinski definition) is 5. The van der Waals surface area contributed by atoms with Gasteiger partial charge >= 0.3 is 0 Å². The molecule has 0 radical (unpaired) electrons. The van der Waals surface area contributed by atoms with Gasteiger partial charge < -0.3 is 4.90 Å². The van der Waals surface area contributed by atoms with E-state index in [2.05, 4.69) is 0 Å². The topological polar surface area (TPSA) is 80.5 Å². The quantitative estimate of drug-likeness (QED) is 0.627. The van der Waals surface area contributed by atoms with Crippen molar-refractivity contribution in [2.75, 3.05) is 17.2 Å². The van der Waals surface area contributed by atoms with Crippen molar-refractivity contribution in [2.24, 2.45) is 5.92 Å². The highest BCUT2D eigenvalue weighted by Crippen LogP contribution is 2.39. The summed E-state index contributed by atoms with van der Waals surface area (Å²) in [5, 5.41) is 11.3. The van der Waals surface area contributed by atoms with Gasteiger partial charge in [-0.1, -0.05) is 29.4 Å². The van der Waals surface area contributed by atoms with Crippen molar-refractivity contribution in [2.45, 2.75) is 13.3 Å². The number of hydrogen-bond donors (Lipinski definition) is 0. The van der Waals surface area contributed by atoms with E-state index < -0.39 is 4.92 Å². The van der Waals surface area contributed by atoms with Crippen molar-refractivity contribution in [3.63, 3.8) is 0 Å². The Morgan fingerprint density at radius 3 is 2.90 bits per heavy atom. The molecule has 1 aromatic rings. The van der Waals surface area contributed by atoms with Crippen molar-refractivity contribution >= 4 is 45.8 Å². The van der Waals surface area contributed by atoms with Crippen LogP contribution >= 0.6 is 23.4 Å². The molecule has 1 fully saturated rings. The van der Waals surface area contributed by atoms with Crippen LogP contribution < -0.4 is 4.90 Å². The first kappa shape index (κ1) is 15.8. The zero-order valence-corrected chi connectivity index (χ0v) is 12.8. The second-order valence-corrected chi connectivity index (χ2v) is 6.35. The van der Waals surface area contributed by atoms with Gasteiger partial charge in [-0.15, -0.1) is 0 Å². The summed E-state index contributed by atoms with van der Waals surface area (Å²) in [4.78, 5) is 35.0. The standard InChI is InChI=1S/C13H13ClN2O4S/c1-8(17)21-7-9-5-12(18)15(6-9)13-10(14)3-2-4-11(13)16(19)20/h2-4,9H,5-7H2,1H3. The van der Waals surface area contributed by atoms with Crippen LogP contribution in [0.25, 0.3) is 0 Å². The summed E-state index contributed by atoms with van der Waals surface area (Å²) in [6.45, 7) is 1.81. The van der Waals surface area contributed by atoms with Crippen LogP contribution in [0.15, 0.2) is 18.2 Å². The number of nitro groups is 1. The minimum absolute atomic E-state index is 0.00961. The van der Waals surface area contributed by atoms with Crippen molar-refractivity contribution in [3.8, 4) is 0 Å². The number of para-hydroxylation sites is 1. The SMILES string of the molecule is CC(=O)SCC1CC(=O)N(c2c(Cl)cccc2[N+](=O)[O-])C1. The van der Waals surface area contributed by atoms with E-state index in [9.17, 15) is 19.7 Å². The van der Waals surface area contributed by atoms with Crippen LogP contribution in [0.4, 0.5) is 11.4 Å². The van der Waals surface area contributed by atoms with E-state index in [1.54, 1.807) is 0 Å². The molecule has 8 heteroatoms. The van der Waals surface area contributed by atoms with Crippen LogP contribution in [-0.2, 0) is 9.59 Å². The van der Waals surface area contributed by atoms with E-state index in [0.29, 0.717) is 12.3 Å². The van der Waals surface area contributed by atoms with Crippen LogP contribution in [0.2, 0.25) is 5.02 Å². The molecule has 1 unspecified atom stereocenters. The van der Waals surface area contributed by atoms with E-state index in [-0.39, 0.29) is 39.8 Å². The highest BCUT2D eigenvalue weighted by Gasteiger charge is 2.35. The van der Waals surface area contributed by atoms with Crippen LogP contribution in [0.1, 0.15) is 13.3 Å². The number of amides is 1. The number of anilines is 1.